The van der Waals surface area contributed by atoms with Gasteiger partial charge in [0.05, 0.1) is 60.0 Å². The zero-order valence-electron chi connectivity index (χ0n) is 29.5. The van der Waals surface area contributed by atoms with E-state index in [0.29, 0.717) is 31.0 Å². The highest BCUT2D eigenvalue weighted by Crippen LogP contribution is 2.31. The summed E-state index contributed by atoms with van der Waals surface area (Å²) in [7, 11) is 0. The van der Waals surface area contributed by atoms with E-state index in [1.54, 1.807) is 17.0 Å². The van der Waals surface area contributed by atoms with Crippen molar-refractivity contribution in [2.24, 2.45) is 15.2 Å². The van der Waals surface area contributed by atoms with Crippen LogP contribution in [-0.2, 0) is 19.1 Å². The molecule has 0 saturated heterocycles. The van der Waals surface area contributed by atoms with E-state index in [1.165, 1.54) is 18.2 Å². The number of esters is 2. The number of likely N-dealkylation sites (N-methyl/N-ethyl adjacent to an activating group) is 2. The predicted octanol–water partition coefficient (Wildman–Crippen LogP) is 5.87. The molecule has 3 rings (SSSR count). The fourth-order valence-corrected chi connectivity index (χ4v) is 5.29. The summed E-state index contributed by atoms with van der Waals surface area (Å²) in [6.45, 7) is 10.3. The minimum atomic E-state index is -1.03. The van der Waals surface area contributed by atoms with E-state index >= 15 is 0 Å². The van der Waals surface area contributed by atoms with Gasteiger partial charge in [-0.15, -0.1) is 5.11 Å². The lowest BCUT2D eigenvalue weighted by Crippen LogP contribution is -2.37. The van der Waals surface area contributed by atoms with E-state index in [9.17, 15) is 29.9 Å². The molecule has 0 radical (unpaired) electrons. The molecule has 15 nitrogen and oxygen atoms in total. The number of ether oxygens (including phenoxy) is 2. The quantitative estimate of drug-likeness (QED) is 0.0390. The average Bonchev–Trinajstić information content (AvgIpc) is 3.15. The SMILES string of the molecule is C=Nc1ccc(N(CC)CCOC(=O)CCN(CCC(=O)OCCN(CC)c2ccc(N=Nc3ccc([N+](=O)[O-])cc3Cl)cc2)CC(O)CO)cc1. The first-order valence-electron chi connectivity index (χ1n) is 16.9. The third kappa shape index (κ3) is 14.0. The molecule has 0 amide bonds. The summed E-state index contributed by atoms with van der Waals surface area (Å²) in [6.07, 6.45) is -0.947. The van der Waals surface area contributed by atoms with Crippen molar-refractivity contribution in [3.63, 3.8) is 0 Å². The number of nitro benzene ring substituents is 1. The number of aliphatic hydroxyl groups excluding tert-OH is 2. The minimum absolute atomic E-state index is 0.0312. The van der Waals surface area contributed by atoms with E-state index in [-0.39, 0.29) is 56.4 Å². The molecule has 0 aliphatic carbocycles. The molecule has 2 N–H and O–H groups in total. The van der Waals surface area contributed by atoms with Crippen LogP contribution < -0.4 is 9.80 Å². The number of nitrogens with zero attached hydrogens (tertiary/aromatic N) is 7. The fourth-order valence-electron chi connectivity index (χ4n) is 5.07. The van der Waals surface area contributed by atoms with Crippen molar-refractivity contribution in [2.45, 2.75) is 32.8 Å². The maximum absolute atomic E-state index is 12.6. The highest BCUT2D eigenvalue weighted by Gasteiger charge is 2.17. The second kappa shape index (κ2) is 22.1. The van der Waals surface area contributed by atoms with Gasteiger partial charge in [-0.05, 0) is 75.2 Å². The second-order valence-electron chi connectivity index (χ2n) is 11.5. The number of anilines is 2. The van der Waals surface area contributed by atoms with Gasteiger partial charge in [0.1, 0.15) is 18.9 Å². The number of non-ortho nitro benzene ring substituents is 1. The van der Waals surface area contributed by atoms with Crippen LogP contribution in [0.15, 0.2) is 82.0 Å². The molecule has 0 spiro atoms. The molecule has 280 valence electrons. The predicted molar refractivity (Wildman–Crippen MR) is 201 cm³/mol. The lowest BCUT2D eigenvalue weighted by atomic mass is 10.2. The van der Waals surface area contributed by atoms with Gasteiger partial charge in [-0.1, -0.05) is 11.6 Å². The first-order chi connectivity index (χ1) is 25.1. The lowest BCUT2D eigenvalue weighted by molar-refractivity contribution is -0.384. The van der Waals surface area contributed by atoms with Crippen LogP contribution in [0, 0.1) is 10.1 Å². The zero-order valence-corrected chi connectivity index (χ0v) is 30.2. The van der Waals surface area contributed by atoms with Crippen molar-refractivity contribution >= 4 is 64.4 Å². The molecule has 3 aromatic carbocycles. The second-order valence-corrected chi connectivity index (χ2v) is 11.9. The highest BCUT2D eigenvalue weighted by atomic mass is 35.5. The monoisotopic (exact) mass is 739 g/mol. The molecule has 3 aromatic rings. The van der Waals surface area contributed by atoms with Crippen LogP contribution >= 0.6 is 11.6 Å². The van der Waals surface area contributed by atoms with Crippen LogP contribution in [0.25, 0.3) is 0 Å². The maximum Gasteiger partial charge on any atom is 0.307 e. The largest absolute Gasteiger partial charge is 0.464 e. The Balaban J connectivity index is 1.41. The summed E-state index contributed by atoms with van der Waals surface area (Å²) in [5.74, 6) is -0.836. The standard InChI is InChI=1S/C36H46ClN7O8/c1-4-42(29-10-6-27(38-3)7-11-29)20-22-51-35(47)16-18-41(25-32(46)26-45)19-17-36(48)52-23-21-43(5-2)30-12-8-28(9-13-30)39-40-34-15-14-31(44(49)50)24-33(34)37/h6-15,24,32,45-46H,3-5,16-23,25-26H2,1-2H3. The Morgan fingerprint density at radius 3 is 1.81 bits per heavy atom. The van der Waals surface area contributed by atoms with Crippen LogP contribution in [0.4, 0.5) is 34.1 Å². The van der Waals surface area contributed by atoms with Crippen molar-refractivity contribution < 1.29 is 34.2 Å². The molecule has 0 aromatic heterocycles. The summed E-state index contributed by atoms with van der Waals surface area (Å²) >= 11 is 6.09. The third-order valence-corrected chi connectivity index (χ3v) is 8.29. The van der Waals surface area contributed by atoms with E-state index in [1.807, 2.05) is 55.1 Å². The minimum Gasteiger partial charge on any atom is -0.464 e. The van der Waals surface area contributed by atoms with Crippen molar-refractivity contribution in [3.8, 4) is 0 Å². The first kappa shape index (κ1) is 41.5. The number of nitro groups is 1. The summed E-state index contributed by atoms with van der Waals surface area (Å²) in [4.78, 5) is 45.2. The Morgan fingerprint density at radius 2 is 1.37 bits per heavy atom. The number of hydrogen-bond acceptors (Lipinski definition) is 14. The van der Waals surface area contributed by atoms with Gasteiger partial charge in [-0.2, -0.15) is 5.11 Å². The van der Waals surface area contributed by atoms with Gasteiger partial charge < -0.3 is 29.5 Å². The molecule has 1 unspecified atom stereocenters. The van der Waals surface area contributed by atoms with E-state index in [4.69, 9.17) is 21.1 Å². The van der Waals surface area contributed by atoms with Crippen molar-refractivity contribution in [1.82, 2.24) is 4.90 Å². The van der Waals surface area contributed by atoms with Crippen molar-refractivity contribution in [2.75, 3.05) is 75.4 Å². The molecule has 0 bridgehead atoms. The third-order valence-electron chi connectivity index (χ3n) is 7.98. The fraction of sp³-hybridized carbons (Fsp3) is 0.417. The van der Waals surface area contributed by atoms with Gasteiger partial charge in [-0.25, -0.2) is 0 Å². The number of carbonyl (C=O) groups is 2. The summed E-state index contributed by atoms with van der Waals surface area (Å²) in [6, 6.07) is 18.8. The van der Waals surface area contributed by atoms with Crippen molar-refractivity contribution in [1.29, 1.82) is 0 Å². The number of aliphatic hydroxyl groups is 2. The van der Waals surface area contributed by atoms with Gasteiger partial charge in [0.2, 0.25) is 0 Å². The van der Waals surface area contributed by atoms with Crippen molar-refractivity contribution in [3.05, 3.63) is 81.9 Å². The molecule has 52 heavy (non-hydrogen) atoms. The number of benzene rings is 3. The summed E-state index contributed by atoms with van der Waals surface area (Å²) in [5.41, 5.74) is 3.35. The summed E-state index contributed by atoms with van der Waals surface area (Å²) in [5, 5.41) is 38.6. The lowest BCUT2D eigenvalue weighted by Gasteiger charge is -2.25. The van der Waals surface area contributed by atoms with Gasteiger partial charge in [0.25, 0.3) is 5.69 Å². The number of aliphatic imine (C=N–C) groups is 1. The van der Waals surface area contributed by atoms with Crippen LogP contribution in [-0.4, -0.2) is 110 Å². The van der Waals surface area contributed by atoms with E-state index in [2.05, 4.69) is 26.8 Å². The Bertz CT molecular complexity index is 1630. The van der Waals surface area contributed by atoms with E-state index in [0.717, 1.165) is 23.6 Å². The molecule has 0 saturated carbocycles. The Labute approximate surface area is 308 Å². The number of azo groups is 1. The summed E-state index contributed by atoms with van der Waals surface area (Å²) < 4.78 is 10.9. The molecule has 16 heteroatoms. The maximum atomic E-state index is 12.6. The molecule has 0 fully saturated rings. The number of hydrogen-bond donors (Lipinski definition) is 2. The van der Waals surface area contributed by atoms with Crippen LogP contribution in [0.1, 0.15) is 26.7 Å². The number of halogens is 1. The van der Waals surface area contributed by atoms with Gasteiger partial charge in [0.15, 0.2) is 0 Å². The van der Waals surface area contributed by atoms with Crippen LogP contribution in [0.3, 0.4) is 0 Å². The molecule has 0 aliphatic heterocycles. The first-order valence-corrected chi connectivity index (χ1v) is 17.3. The molecule has 0 heterocycles. The average molecular weight is 740 g/mol. The smallest absolute Gasteiger partial charge is 0.307 e. The van der Waals surface area contributed by atoms with Gasteiger partial charge >= 0.3 is 11.9 Å². The normalized spacial score (nSPS) is 11.7. The van der Waals surface area contributed by atoms with Gasteiger partial charge in [-0.3, -0.25) is 29.6 Å². The Kier molecular flexibility index (Phi) is 17.6. The number of carbonyl (C=O) groups excluding carboxylic acids is 2. The Hall–Kier alpha value is -4.96. The Morgan fingerprint density at radius 1 is 0.846 bits per heavy atom. The molecular weight excluding hydrogens is 694 g/mol. The molecule has 1 atom stereocenters. The number of rotatable bonds is 23. The van der Waals surface area contributed by atoms with Gasteiger partial charge in [0, 0.05) is 56.2 Å². The molecule has 0 aliphatic rings. The van der Waals surface area contributed by atoms with Crippen LogP contribution in [0.5, 0.6) is 0 Å². The molecular formula is C36H46ClN7O8. The topological polar surface area (TPSA) is 183 Å². The zero-order chi connectivity index (χ0) is 37.9. The van der Waals surface area contributed by atoms with E-state index < -0.39 is 29.6 Å². The highest BCUT2D eigenvalue weighted by molar-refractivity contribution is 6.33. The van der Waals surface area contributed by atoms with Crippen LogP contribution in [0.2, 0.25) is 5.02 Å².